The molecule has 1 N–H and O–H groups in total. The summed E-state index contributed by atoms with van der Waals surface area (Å²) in [6.07, 6.45) is 0.783. The highest BCUT2D eigenvalue weighted by Crippen LogP contribution is 2.47. The highest BCUT2D eigenvalue weighted by molar-refractivity contribution is 7.07. The van der Waals surface area contributed by atoms with Gasteiger partial charge < -0.3 is 4.90 Å². The van der Waals surface area contributed by atoms with Crippen LogP contribution in [0.1, 0.15) is 23.7 Å². The molecule has 2 aromatic heterocycles. The van der Waals surface area contributed by atoms with Gasteiger partial charge in [0.1, 0.15) is 0 Å². The second kappa shape index (κ2) is 5.92. The van der Waals surface area contributed by atoms with Crippen molar-refractivity contribution in [2.45, 2.75) is 18.9 Å². The number of nitrogens with zero attached hydrogens (tertiary/aromatic N) is 4. The molecule has 23 heavy (non-hydrogen) atoms. The van der Waals surface area contributed by atoms with Crippen molar-refractivity contribution in [3.63, 3.8) is 0 Å². The maximum atomic E-state index is 13.0. The van der Waals surface area contributed by atoms with Crippen LogP contribution in [0.3, 0.4) is 0 Å². The summed E-state index contributed by atoms with van der Waals surface area (Å²) in [6.45, 7) is 0.585. The van der Waals surface area contributed by atoms with E-state index in [1.54, 1.807) is 11.3 Å². The molecule has 1 fully saturated rings. The van der Waals surface area contributed by atoms with Gasteiger partial charge in [0.05, 0.1) is 6.54 Å². The van der Waals surface area contributed by atoms with Crippen molar-refractivity contribution in [3.05, 3.63) is 58.5 Å². The minimum Gasteiger partial charge on any atom is -0.308 e. The van der Waals surface area contributed by atoms with Crippen molar-refractivity contribution in [2.75, 3.05) is 4.90 Å². The predicted molar refractivity (Wildman–Crippen MR) is 87.0 cm³/mol. The summed E-state index contributed by atoms with van der Waals surface area (Å²) in [5.74, 6) is 0.769. The Morgan fingerprint density at radius 3 is 2.87 bits per heavy atom. The molecule has 1 amide bonds. The summed E-state index contributed by atoms with van der Waals surface area (Å²) in [6, 6.07) is 11.8. The van der Waals surface area contributed by atoms with Gasteiger partial charge in [-0.2, -0.15) is 16.6 Å². The number of H-pyrrole nitrogens is 1. The van der Waals surface area contributed by atoms with E-state index in [1.807, 2.05) is 40.6 Å². The lowest BCUT2D eigenvalue weighted by atomic mass is 10.2. The molecule has 0 spiro atoms. The van der Waals surface area contributed by atoms with Crippen LogP contribution in [0.4, 0.5) is 5.69 Å². The van der Waals surface area contributed by atoms with E-state index in [-0.39, 0.29) is 17.7 Å². The molecular formula is C16H15N5OS. The quantitative estimate of drug-likeness (QED) is 0.782. The van der Waals surface area contributed by atoms with Crippen LogP contribution in [0, 0.1) is 5.92 Å². The van der Waals surface area contributed by atoms with E-state index >= 15 is 0 Å². The second-order valence-corrected chi connectivity index (χ2v) is 6.39. The highest BCUT2D eigenvalue weighted by Gasteiger charge is 2.48. The van der Waals surface area contributed by atoms with Gasteiger partial charge in [-0.3, -0.25) is 4.79 Å². The molecule has 1 saturated carbocycles. The standard InChI is InChI=1S/C16H15N5OS/c22-16(14-8-13(14)15-17-19-20-18-15)21(9-11-6-7-23-10-11)12-4-2-1-3-5-12/h1-7,10,13-14H,8-9H2,(H,17,18,19,20)/t13-,14+/m0/s1. The number of hydrogen-bond acceptors (Lipinski definition) is 5. The molecule has 0 saturated heterocycles. The first-order valence-electron chi connectivity index (χ1n) is 7.44. The summed E-state index contributed by atoms with van der Waals surface area (Å²) >= 11 is 1.64. The number of carbonyl (C=O) groups excluding carboxylic acids is 1. The number of thiophene rings is 1. The third-order valence-corrected chi connectivity index (χ3v) is 4.79. The number of amides is 1. The molecule has 0 radical (unpaired) electrons. The van der Waals surface area contributed by atoms with Crippen molar-refractivity contribution in [1.29, 1.82) is 0 Å². The largest absolute Gasteiger partial charge is 0.308 e. The normalized spacial score (nSPS) is 19.5. The number of anilines is 1. The van der Waals surface area contributed by atoms with E-state index in [4.69, 9.17) is 0 Å². The van der Waals surface area contributed by atoms with Crippen LogP contribution in [0.2, 0.25) is 0 Å². The zero-order valence-electron chi connectivity index (χ0n) is 12.3. The first-order chi connectivity index (χ1) is 11.3. The number of rotatable bonds is 5. The molecule has 1 aliphatic carbocycles. The average molecular weight is 325 g/mol. The molecule has 7 heteroatoms. The molecule has 4 rings (SSSR count). The van der Waals surface area contributed by atoms with E-state index in [1.165, 1.54) is 0 Å². The number of aromatic amines is 1. The fraction of sp³-hybridized carbons (Fsp3) is 0.250. The van der Waals surface area contributed by atoms with E-state index in [9.17, 15) is 4.79 Å². The molecule has 3 aromatic rings. The third kappa shape index (κ3) is 2.87. The van der Waals surface area contributed by atoms with Crippen molar-refractivity contribution in [3.8, 4) is 0 Å². The number of carbonyl (C=O) groups is 1. The summed E-state index contributed by atoms with van der Waals surface area (Å²) in [5, 5.41) is 18.1. The summed E-state index contributed by atoms with van der Waals surface area (Å²) < 4.78 is 0. The predicted octanol–water partition coefficient (Wildman–Crippen LogP) is 2.60. The minimum absolute atomic E-state index is 0.0635. The van der Waals surface area contributed by atoms with Crippen molar-refractivity contribution < 1.29 is 4.79 Å². The number of aromatic nitrogens is 4. The van der Waals surface area contributed by atoms with Crippen LogP contribution in [-0.2, 0) is 11.3 Å². The number of benzene rings is 1. The van der Waals surface area contributed by atoms with Gasteiger partial charge in [-0.25, -0.2) is 0 Å². The van der Waals surface area contributed by atoms with Gasteiger partial charge >= 0.3 is 0 Å². The Bertz CT molecular complexity index is 772. The van der Waals surface area contributed by atoms with Gasteiger partial charge in [0, 0.05) is 17.5 Å². The molecule has 0 bridgehead atoms. The topological polar surface area (TPSA) is 74.8 Å². The van der Waals surface area contributed by atoms with Gasteiger partial charge in [0.2, 0.25) is 5.91 Å². The smallest absolute Gasteiger partial charge is 0.231 e. The van der Waals surface area contributed by atoms with Gasteiger partial charge in [0.15, 0.2) is 5.82 Å². The van der Waals surface area contributed by atoms with Gasteiger partial charge in [0.25, 0.3) is 0 Å². The second-order valence-electron chi connectivity index (χ2n) is 5.61. The Morgan fingerprint density at radius 2 is 2.17 bits per heavy atom. The van der Waals surface area contributed by atoms with E-state index < -0.39 is 0 Å². The summed E-state index contributed by atoms with van der Waals surface area (Å²) in [4.78, 5) is 14.8. The average Bonchev–Trinajstić information content (AvgIpc) is 3.00. The van der Waals surface area contributed by atoms with Crippen LogP contribution in [0.15, 0.2) is 47.2 Å². The minimum atomic E-state index is -0.0635. The first-order valence-corrected chi connectivity index (χ1v) is 8.38. The van der Waals surface area contributed by atoms with Crippen molar-refractivity contribution in [2.24, 2.45) is 5.92 Å². The lowest BCUT2D eigenvalue weighted by molar-refractivity contribution is -0.120. The molecule has 2 heterocycles. The molecule has 1 aromatic carbocycles. The highest BCUT2D eigenvalue weighted by atomic mass is 32.1. The molecular weight excluding hydrogens is 310 g/mol. The Hall–Kier alpha value is -2.54. The number of nitrogens with one attached hydrogen (secondary N) is 1. The number of tetrazole rings is 1. The maximum absolute atomic E-state index is 13.0. The Balaban J connectivity index is 1.57. The third-order valence-electron chi connectivity index (χ3n) is 4.06. The fourth-order valence-corrected chi connectivity index (χ4v) is 3.41. The number of para-hydroxylation sites is 1. The van der Waals surface area contributed by atoms with Gasteiger partial charge in [-0.15, -0.1) is 10.2 Å². The van der Waals surface area contributed by atoms with Crippen molar-refractivity contribution >= 4 is 22.9 Å². The summed E-state index contributed by atoms with van der Waals surface area (Å²) in [7, 11) is 0. The molecule has 116 valence electrons. The van der Waals surface area contributed by atoms with Crippen LogP contribution >= 0.6 is 11.3 Å². The monoisotopic (exact) mass is 325 g/mol. The Kier molecular flexibility index (Phi) is 3.63. The molecule has 0 aliphatic heterocycles. The molecule has 1 aliphatic rings. The van der Waals surface area contributed by atoms with E-state index in [0.717, 1.165) is 17.7 Å². The Morgan fingerprint density at radius 1 is 1.30 bits per heavy atom. The lowest BCUT2D eigenvalue weighted by Crippen LogP contribution is -2.32. The fourth-order valence-electron chi connectivity index (χ4n) is 2.75. The first kappa shape index (κ1) is 14.1. The van der Waals surface area contributed by atoms with Gasteiger partial charge in [-0.1, -0.05) is 23.4 Å². The van der Waals surface area contributed by atoms with Crippen LogP contribution < -0.4 is 4.90 Å². The zero-order valence-corrected chi connectivity index (χ0v) is 13.1. The van der Waals surface area contributed by atoms with E-state index in [2.05, 4.69) is 32.1 Å². The molecule has 0 unspecified atom stereocenters. The number of hydrogen-bond donors (Lipinski definition) is 1. The van der Waals surface area contributed by atoms with Crippen LogP contribution in [-0.4, -0.2) is 26.5 Å². The lowest BCUT2D eigenvalue weighted by Gasteiger charge is -2.22. The molecule has 6 nitrogen and oxygen atoms in total. The zero-order chi connectivity index (χ0) is 15.6. The summed E-state index contributed by atoms with van der Waals surface area (Å²) in [5.41, 5.74) is 2.06. The molecule has 2 atom stereocenters. The Labute approximate surface area is 137 Å². The van der Waals surface area contributed by atoms with Crippen LogP contribution in [0.5, 0.6) is 0 Å². The van der Waals surface area contributed by atoms with E-state index in [0.29, 0.717) is 12.4 Å². The SMILES string of the molecule is O=C([C@@H]1C[C@@H]1c1nn[nH]n1)N(Cc1ccsc1)c1ccccc1. The van der Waals surface area contributed by atoms with Crippen LogP contribution in [0.25, 0.3) is 0 Å². The maximum Gasteiger partial charge on any atom is 0.231 e. The van der Waals surface area contributed by atoms with Gasteiger partial charge in [-0.05, 0) is 40.9 Å². The van der Waals surface area contributed by atoms with Crippen molar-refractivity contribution in [1.82, 2.24) is 20.6 Å².